The molecule has 1 aliphatic rings. The molecule has 2 N–H and O–H groups in total. The Kier molecular flexibility index (Phi) is 6.44. The van der Waals surface area contributed by atoms with Gasteiger partial charge in [0.25, 0.3) is 0 Å². The minimum Gasteiger partial charge on any atom is -0.480 e. The second kappa shape index (κ2) is 7.84. The highest BCUT2D eigenvalue weighted by Crippen LogP contribution is 2.18. The second-order valence-electron chi connectivity index (χ2n) is 5.33. The van der Waals surface area contributed by atoms with Crippen LogP contribution in [0.5, 0.6) is 0 Å². The topological polar surface area (TPSA) is 95.9 Å². The van der Waals surface area contributed by atoms with Crippen LogP contribution in [0.2, 0.25) is 0 Å². The van der Waals surface area contributed by atoms with Gasteiger partial charge in [-0.15, -0.1) is 0 Å². The Morgan fingerprint density at radius 2 is 2.20 bits per heavy atom. The SMILES string of the molecule is CC(C)CN1CC(C(=O)NCCOCC(=O)O)CC1=O. The number of nitrogens with one attached hydrogen (secondary N) is 1. The summed E-state index contributed by atoms with van der Waals surface area (Å²) >= 11 is 0. The molecule has 0 bridgehead atoms. The number of carbonyl (C=O) groups excluding carboxylic acids is 2. The van der Waals surface area contributed by atoms with Crippen LogP contribution in [0.1, 0.15) is 20.3 Å². The molecule has 1 fully saturated rings. The first-order chi connectivity index (χ1) is 9.40. The maximum absolute atomic E-state index is 11.9. The Hall–Kier alpha value is -1.63. The summed E-state index contributed by atoms with van der Waals surface area (Å²) in [7, 11) is 0. The Morgan fingerprint density at radius 1 is 1.50 bits per heavy atom. The van der Waals surface area contributed by atoms with E-state index >= 15 is 0 Å². The van der Waals surface area contributed by atoms with E-state index in [0.717, 1.165) is 0 Å². The highest BCUT2D eigenvalue weighted by molar-refractivity contribution is 5.89. The molecule has 0 spiro atoms. The fourth-order valence-corrected chi connectivity index (χ4v) is 2.12. The van der Waals surface area contributed by atoms with Crippen molar-refractivity contribution in [1.82, 2.24) is 10.2 Å². The van der Waals surface area contributed by atoms with Gasteiger partial charge in [-0.2, -0.15) is 0 Å². The van der Waals surface area contributed by atoms with Gasteiger partial charge in [0.1, 0.15) is 6.61 Å². The zero-order valence-electron chi connectivity index (χ0n) is 11.9. The molecule has 1 heterocycles. The zero-order chi connectivity index (χ0) is 15.1. The molecule has 7 heteroatoms. The summed E-state index contributed by atoms with van der Waals surface area (Å²) in [5.74, 6) is -1.14. The molecule has 114 valence electrons. The fraction of sp³-hybridized carbons (Fsp3) is 0.769. The number of aliphatic carboxylic acids is 1. The van der Waals surface area contributed by atoms with E-state index in [4.69, 9.17) is 9.84 Å². The molecule has 1 rings (SSSR count). The molecule has 0 saturated carbocycles. The monoisotopic (exact) mass is 286 g/mol. The van der Waals surface area contributed by atoms with E-state index in [1.807, 2.05) is 13.8 Å². The molecule has 2 amide bonds. The van der Waals surface area contributed by atoms with Crippen LogP contribution >= 0.6 is 0 Å². The number of carboxylic acid groups (broad SMARTS) is 1. The third-order valence-corrected chi connectivity index (χ3v) is 2.94. The highest BCUT2D eigenvalue weighted by Gasteiger charge is 2.34. The number of likely N-dealkylation sites (tertiary alicyclic amines) is 1. The molecule has 0 aromatic heterocycles. The van der Waals surface area contributed by atoms with E-state index in [-0.39, 0.29) is 43.9 Å². The van der Waals surface area contributed by atoms with Crippen molar-refractivity contribution >= 4 is 17.8 Å². The third kappa shape index (κ3) is 5.56. The normalized spacial score (nSPS) is 18.6. The van der Waals surface area contributed by atoms with Crippen molar-refractivity contribution in [3.05, 3.63) is 0 Å². The van der Waals surface area contributed by atoms with Crippen molar-refractivity contribution in [3.63, 3.8) is 0 Å². The lowest BCUT2D eigenvalue weighted by Crippen LogP contribution is -2.35. The summed E-state index contributed by atoms with van der Waals surface area (Å²) in [6.45, 7) is 5.21. The molecule has 20 heavy (non-hydrogen) atoms. The van der Waals surface area contributed by atoms with E-state index < -0.39 is 5.97 Å². The minimum atomic E-state index is -1.04. The standard InChI is InChI=1S/C13H22N2O5/c1-9(2)6-15-7-10(5-11(15)16)13(19)14-3-4-20-8-12(17)18/h9-10H,3-8H2,1-2H3,(H,14,19)(H,17,18). The molecule has 1 unspecified atom stereocenters. The smallest absolute Gasteiger partial charge is 0.329 e. The number of rotatable bonds is 8. The Morgan fingerprint density at radius 3 is 2.80 bits per heavy atom. The summed E-state index contributed by atoms with van der Waals surface area (Å²) in [6, 6.07) is 0. The first-order valence-electron chi connectivity index (χ1n) is 6.75. The van der Waals surface area contributed by atoms with Crippen molar-refractivity contribution in [2.24, 2.45) is 11.8 Å². The van der Waals surface area contributed by atoms with Crippen LogP contribution in [0, 0.1) is 11.8 Å². The summed E-state index contributed by atoms with van der Waals surface area (Å²) in [6.07, 6.45) is 0.245. The summed E-state index contributed by atoms with van der Waals surface area (Å²) in [4.78, 5) is 35.5. The van der Waals surface area contributed by atoms with E-state index in [9.17, 15) is 14.4 Å². The molecule has 0 aliphatic carbocycles. The van der Waals surface area contributed by atoms with E-state index in [0.29, 0.717) is 19.0 Å². The van der Waals surface area contributed by atoms with Gasteiger partial charge < -0.3 is 20.1 Å². The van der Waals surface area contributed by atoms with Gasteiger partial charge in [0.2, 0.25) is 11.8 Å². The summed E-state index contributed by atoms with van der Waals surface area (Å²) in [5, 5.41) is 11.0. The van der Waals surface area contributed by atoms with Gasteiger partial charge in [-0.25, -0.2) is 4.79 Å². The number of hydrogen-bond donors (Lipinski definition) is 2. The average molecular weight is 286 g/mol. The number of carboxylic acids is 1. The van der Waals surface area contributed by atoms with Crippen LogP contribution < -0.4 is 5.32 Å². The van der Waals surface area contributed by atoms with Gasteiger partial charge in [0.15, 0.2) is 0 Å². The van der Waals surface area contributed by atoms with Crippen molar-refractivity contribution in [3.8, 4) is 0 Å². The van der Waals surface area contributed by atoms with E-state index in [1.54, 1.807) is 4.90 Å². The van der Waals surface area contributed by atoms with Gasteiger partial charge in [0.05, 0.1) is 12.5 Å². The molecule has 0 radical (unpaired) electrons. The van der Waals surface area contributed by atoms with Gasteiger partial charge in [0, 0.05) is 26.1 Å². The van der Waals surface area contributed by atoms with Crippen molar-refractivity contribution in [2.75, 3.05) is 32.8 Å². The first-order valence-corrected chi connectivity index (χ1v) is 6.75. The van der Waals surface area contributed by atoms with Crippen LogP contribution in [0.15, 0.2) is 0 Å². The molecule has 7 nitrogen and oxygen atoms in total. The summed E-state index contributed by atoms with van der Waals surface area (Å²) < 4.78 is 4.81. The summed E-state index contributed by atoms with van der Waals surface area (Å²) in [5.41, 5.74) is 0. The molecule has 0 aromatic carbocycles. The maximum Gasteiger partial charge on any atom is 0.329 e. The lowest BCUT2D eigenvalue weighted by atomic mass is 10.1. The van der Waals surface area contributed by atoms with Gasteiger partial charge in [-0.1, -0.05) is 13.8 Å². The van der Waals surface area contributed by atoms with Crippen LogP contribution in [0.25, 0.3) is 0 Å². The number of ether oxygens (including phenoxy) is 1. The maximum atomic E-state index is 11.9. The highest BCUT2D eigenvalue weighted by atomic mass is 16.5. The Bertz CT molecular complexity index is 370. The van der Waals surface area contributed by atoms with Crippen molar-refractivity contribution in [1.29, 1.82) is 0 Å². The molecule has 1 atom stereocenters. The number of hydrogen-bond acceptors (Lipinski definition) is 4. The fourth-order valence-electron chi connectivity index (χ4n) is 2.12. The average Bonchev–Trinajstić information content (AvgIpc) is 2.69. The van der Waals surface area contributed by atoms with Gasteiger partial charge in [-0.3, -0.25) is 9.59 Å². The van der Waals surface area contributed by atoms with Crippen molar-refractivity contribution in [2.45, 2.75) is 20.3 Å². The van der Waals surface area contributed by atoms with E-state index in [2.05, 4.69) is 5.32 Å². The molecular weight excluding hydrogens is 264 g/mol. The predicted octanol–water partition coefficient (Wildman–Crippen LogP) is -0.292. The van der Waals surface area contributed by atoms with Crippen LogP contribution in [0.3, 0.4) is 0 Å². The van der Waals surface area contributed by atoms with Crippen LogP contribution in [-0.4, -0.2) is 60.6 Å². The van der Waals surface area contributed by atoms with Crippen LogP contribution in [0.4, 0.5) is 0 Å². The molecule has 1 saturated heterocycles. The molecule has 1 aliphatic heterocycles. The molecular formula is C13H22N2O5. The largest absolute Gasteiger partial charge is 0.480 e. The second-order valence-corrected chi connectivity index (χ2v) is 5.33. The zero-order valence-corrected chi connectivity index (χ0v) is 11.9. The lowest BCUT2D eigenvalue weighted by Gasteiger charge is -2.18. The van der Waals surface area contributed by atoms with Gasteiger partial charge >= 0.3 is 5.97 Å². The quantitative estimate of drug-likeness (QED) is 0.598. The molecule has 0 aromatic rings. The minimum absolute atomic E-state index is 0.0148. The van der Waals surface area contributed by atoms with Crippen LogP contribution in [-0.2, 0) is 19.1 Å². The first kappa shape index (κ1) is 16.4. The predicted molar refractivity (Wildman–Crippen MR) is 71.0 cm³/mol. The number of carbonyl (C=O) groups is 3. The number of amides is 2. The number of nitrogens with zero attached hydrogens (tertiary/aromatic N) is 1. The van der Waals surface area contributed by atoms with Gasteiger partial charge in [-0.05, 0) is 5.92 Å². The Balaban J connectivity index is 2.24. The van der Waals surface area contributed by atoms with E-state index in [1.165, 1.54) is 0 Å². The lowest BCUT2D eigenvalue weighted by molar-refractivity contribution is -0.142. The third-order valence-electron chi connectivity index (χ3n) is 2.94. The Labute approximate surface area is 118 Å². The van der Waals surface area contributed by atoms with Crippen molar-refractivity contribution < 1.29 is 24.2 Å².